The van der Waals surface area contributed by atoms with Gasteiger partial charge in [-0.15, -0.1) is 0 Å². The number of rotatable bonds is 4. The molecular formula is C17H18ClNO3. The van der Waals surface area contributed by atoms with Gasteiger partial charge in [-0.25, -0.2) is 0 Å². The van der Waals surface area contributed by atoms with Crippen LogP contribution in [-0.4, -0.2) is 34.5 Å². The molecule has 5 heteroatoms. The lowest BCUT2D eigenvalue weighted by atomic mass is 9.85. The van der Waals surface area contributed by atoms with Gasteiger partial charge >= 0.3 is 0 Å². The summed E-state index contributed by atoms with van der Waals surface area (Å²) in [5, 5.41) is 10.8. The number of aliphatic hydroxyl groups is 1. The molecule has 1 aromatic carbocycles. The molecule has 0 radical (unpaired) electrons. The highest BCUT2D eigenvalue weighted by molar-refractivity contribution is 6.30. The number of β-amino-alcohol motifs (C(OH)–C–C–N with tert-alkyl or cyclic N) is 1. The van der Waals surface area contributed by atoms with E-state index < -0.39 is 6.10 Å². The van der Waals surface area contributed by atoms with Gasteiger partial charge < -0.3 is 5.11 Å². The van der Waals surface area contributed by atoms with Crippen molar-refractivity contribution in [3.8, 4) is 0 Å². The van der Waals surface area contributed by atoms with Crippen molar-refractivity contribution in [1.29, 1.82) is 0 Å². The Morgan fingerprint density at radius 3 is 2.41 bits per heavy atom. The number of likely N-dealkylation sites (tertiary alicyclic amines) is 1. The predicted molar refractivity (Wildman–Crippen MR) is 83.2 cm³/mol. The summed E-state index contributed by atoms with van der Waals surface area (Å²) in [7, 11) is 0. The first-order valence-corrected chi connectivity index (χ1v) is 7.87. The lowest BCUT2D eigenvalue weighted by molar-refractivity contribution is -0.141. The van der Waals surface area contributed by atoms with Crippen LogP contribution in [0.25, 0.3) is 0 Å². The van der Waals surface area contributed by atoms with Crippen LogP contribution in [0.15, 0.2) is 36.4 Å². The van der Waals surface area contributed by atoms with Crippen molar-refractivity contribution in [2.24, 2.45) is 11.8 Å². The molecule has 1 aromatic rings. The van der Waals surface area contributed by atoms with Gasteiger partial charge in [-0.05, 0) is 30.5 Å². The van der Waals surface area contributed by atoms with Crippen molar-refractivity contribution < 1.29 is 14.7 Å². The number of allylic oxidation sites excluding steroid dienone is 2. The van der Waals surface area contributed by atoms with E-state index in [1.54, 1.807) is 12.1 Å². The van der Waals surface area contributed by atoms with Gasteiger partial charge in [0.25, 0.3) is 0 Å². The van der Waals surface area contributed by atoms with Gasteiger partial charge in [0.05, 0.1) is 24.5 Å². The van der Waals surface area contributed by atoms with Gasteiger partial charge in [0.15, 0.2) is 0 Å². The monoisotopic (exact) mass is 319 g/mol. The normalized spacial score (nSPS) is 25.5. The zero-order valence-corrected chi connectivity index (χ0v) is 12.9. The van der Waals surface area contributed by atoms with Crippen LogP contribution in [0.1, 0.15) is 18.4 Å². The summed E-state index contributed by atoms with van der Waals surface area (Å²) in [5.41, 5.74) is 0.887. The molecule has 1 saturated heterocycles. The van der Waals surface area contributed by atoms with Crippen LogP contribution in [0.5, 0.6) is 0 Å². The molecule has 0 bridgehead atoms. The molecule has 1 aliphatic carbocycles. The van der Waals surface area contributed by atoms with Crippen LogP contribution in [0, 0.1) is 11.8 Å². The maximum Gasteiger partial charge on any atom is 0.233 e. The van der Waals surface area contributed by atoms with E-state index >= 15 is 0 Å². The lowest BCUT2D eigenvalue weighted by Crippen LogP contribution is -2.38. The van der Waals surface area contributed by atoms with Gasteiger partial charge in [0.1, 0.15) is 0 Å². The predicted octanol–water partition coefficient (Wildman–Crippen LogP) is 2.19. The highest BCUT2D eigenvalue weighted by Crippen LogP contribution is 2.35. The van der Waals surface area contributed by atoms with Gasteiger partial charge in [0.2, 0.25) is 11.8 Å². The van der Waals surface area contributed by atoms with E-state index in [0.717, 1.165) is 5.56 Å². The second-order valence-electron chi connectivity index (χ2n) is 5.93. The largest absolute Gasteiger partial charge is 0.391 e. The minimum atomic E-state index is -0.778. The average molecular weight is 320 g/mol. The van der Waals surface area contributed by atoms with Crippen molar-refractivity contribution >= 4 is 23.4 Å². The lowest BCUT2D eigenvalue weighted by Gasteiger charge is -2.19. The minimum absolute atomic E-state index is 0.0528. The molecule has 3 rings (SSSR count). The van der Waals surface area contributed by atoms with Crippen molar-refractivity contribution in [3.05, 3.63) is 47.0 Å². The summed E-state index contributed by atoms with van der Waals surface area (Å²) < 4.78 is 0. The fraction of sp³-hybridized carbons (Fsp3) is 0.412. The van der Waals surface area contributed by atoms with E-state index in [1.807, 2.05) is 24.3 Å². The highest BCUT2D eigenvalue weighted by Gasteiger charge is 2.47. The number of fused-ring (bicyclic) bond motifs is 1. The number of carbonyl (C=O) groups is 2. The Hall–Kier alpha value is -1.65. The molecule has 0 saturated carbocycles. The molecule has 22 heavy (non-hydrogen) atoms. The number of aliphatic hydroxyl groups excluding tert-OH is 1. The summed E-state index contributed by atoms with van der Waals surface area (Å²) in [6.07, 6.45) is 4.74. The summed E-state index contributed by atoms with van der Waals surface area (Å²) in [6.45, 7) is 0.0528. The van der Waals surface area contributed by atoms with Gasteiger partial charge in [-0.3, -0.25) is 14.5 Å². The maximum atomic E-state index is 12.3. The maximum absolute atomic E-state index is 12.3. The summed E-state index contributed by atoms with van der Waals surface area (Å²) >= 11 is 5.92. The molecule has 1 aliphatic heterocycles. The fourth-order valence-corrected chi connectivity index (χ4v) is 3.47. The first kappa shape index (κ1) is 15.3. The number of hydrogen-bond acceptors (Lipinski definition) is 3. The highest BCUT2D eigenvalue weighted by atomic mass is 35.5. The van der Waals surface area contributed by atoms with Crippen molar-refractivity contribution in [2.45, 2.75) is 25.4 Å². The van der Waals surface area contributed by atoms with E-state index in [-0.39, 0.29) is 30.2 Å². The number of nitrogens with zero attached hydrogens (tertiary/aromatic N) is 1. The van der Waals surface area contributed by atoms with Crippen molar-refractivity contribution in [3.63, 3.8) is 0 Å². The van der Waals surface area contributed by atoms with Gasteiger partial charge in [0, 0.05) is 11.4 Å². The van der Waals surface area contributed by atoms with E-state index in [9.17, 15) is 14.7 Å². The summed E-state index contributed by atoms with van der Waals surface area (Å²) in [4.78, 5) is 25.9. The topological polar surface area (TPSA) is 57.6 Å². The number of benzene rings is 1. The first-order valence-electron chi connectivity index (χ1n) is 7.49. The van der Waals surface area contributed by atoms with E-state index in [4.69, 9.17) is 11.6 Å². The van der Waals surface area contributed by atoms with Crippen molar-refractivity contribution in [1.82, 2.24) is 4.90 Å². The molecule has 1 unspecified atom stereocenters. The van der Waals surface area contributed by atoms with E-state index in [2.05, 4.69) is 0 Å². The van der Waals surface area contributed by atoms with E-state index in [0.29, 0.717) is 24.3 Å². The average Bonchev–Trinajstić information content (AvgIpc) is 2.73. The van der Waals surface area contributed by atoms with Crippen LogP contribution >= 0.6 is 11.6 Å². The quantitative estimate of drug-likeness (QED) is 0.683. The Labute approximate surface area is 134 Å². The Bertz CT molecular complexity index is 602. The number of carbonyl (C=O) groups excluding carboxylic acids is 2. The third kappa shape index (κ3) is 2.94. The summed E-state index contributed by atoms with van der Waals surface area (Å²) in [5.74, 6) is -0.777. The van der Waals surface area contributed by atoms with E-state index in [1.165, 1.54) is 4.90 Å². The molecule has 2 aliphatic rings. The number of imide groups is 1. The Balaban J connectivity index is 1.65. The van der Waals surface area contributed by atoms with Gasteiger partial charge in [-0.2, -0.15) is 0 Å². The van der Waals surface area contributed by atoms with Crippen LogP contribution in [-0.2, 0) is 16.0 Å². The molecule has 3 atom stereocenters. The molecule has 1 N–H and O–H groups in total. The third-order valence-electron chi connectivity index (χ3n) is 4.35. The molecule has 1 fully saturated rings. The molecule has 0 aromatic heterocycles. The third-order valence-corrected chi connectivity index (χ3v) is 4.59. The molecule has 4 nitrogen and oxygen atoms in total. The van der Waals surface area contributed by atoms with Crippen LogP contribution in [0.4, 0.5) is 0 Å². The Morgan fingerprint density at radius 2 is 1.82 bits per heavy atom. The second-order valence-corrected chi connectivity index (χ2v) is 6.37. The number of hydrogen-bond donors (Lipinski definition) is 1. The first-order chi connectivity index (χ1) is 10.6. The van der Waals surface area contributed by atoms with Gasteiger partial charge in [-0.1, -0.05) is 35.9 Å². The zero-order chi connectivity index (χ0) is 15.7. The van der Waals surface area contributed by atoms with Crippen molar-refractivity contribution in [2.75, 3.05) is 6.54 Å². The standard InChI is InChI=1S/C17H18ClNO3/c18-12-5-3-4-11(8-12)9-13(20)10-19-16(21)14-6-1-2-7-15(14)17(19)22/h1-5,8,13-15,20H,6-7,9-10H2/t13?,14-,15+. The number of halogens is 1. The molecule has 2 amide bonds. The molecule has 0 spiro atoms. The Morgan fingerprint density at radius 1 is 1.18 bits per heavy atom. The van der Waals surface area contributed by atoms with Crippen LogP contribution in [0.3, 0.4) is 0 Å². The second kappa shape index (κ2) is 6.23. The Kier molecular flexibility index (Phi) is 4.32. The minimum Gasteiger partial charge on any atom is -0.391 e. The van der Waals surface area contributed by atoms with Crippen LogP contribution < -0.4 is 0 Å². The molecular weight excluding hydrogens is 302 g/mol. The SMILES string of the molecule is O=C1[C@H]2CC=CC[C@H]2C(=O)N1CC(O)Cc1cccc(Cl)c1. The zero-order valence-electron chi connectivity index (χ0n) is 12.1. The molecule has 1 heterocycles. The summed E-state index contributed by atoms with van der Waals surface area (Å²) in [6, 6.07) is 7.23. The van der Waals surface area contributed by atoms with Crippen LogP contribution in [0.2, 0.25) is 5.02 Å². The number of amides is 2. The smallest absolute Gasteiger partial charge is 0.233 e. The molecule has 116 valence electrons. The fourth-order valence-electron chi connectivity index (χ4n) is 3.26.